The third kappa shape index (κ3) is 3.60. The first-order chi connectivity index (χ1) is 11.5. The predicted octanol–water partition coefficient (Wildman–Crippen LogP) is 3.29. The molecule has 1 unspecified atom stereocenters. The normalized spacial score (nSPS) is 11.6. The molecule has 5 heteroatoms. The Morgan fingerprint density at radius 1 is 1.42 bits per heavy atom. The van der Waals surface area contributed by atoms with Crippen molar-refractivity contribution in [1.29, 1.82) is 5.26 Å². The molecular weight excluding hydrogens is 302 g/mol. The van der Waals surface area contributed by atoms with Crippen LogP contribution in [0.2, 0.25) is 0 Å². The third-order valence-electron chi connectivity index (χ3n) is 4.12. The minimum atomic E-state index is -0.379. The zero-order valence-corrected chi connectivity index (χ0v) is 14.6. The van der Waals surface area contributed by atoms with Gasteiger partial charge in [0, 0.05) is 25.4 Å². The fraction of sp³-hybridized carbons (Fsp3) is 0.368. The molecule has 24 heavy (non-hydrogen) atoms. The molecule has 1 aromatic heterocycles. The average molecular weight is 325 g/mol. The van der Waals surface area contributed by atoms with E-state index in [1.54, 1.807) is 42.0 Å². The molecule has 0 bridgehead atoms. The Hall–Kier alpha value is -2.74. The lowest BCUT2D eigenvalue weighted by atomic mass is 10.1. The van der Waals surface area contributed by atoms with E-state index >= 15 is 0 Å². The SMILES string of the molecule is CCC(C(=O)N(C)Cc1cc(C)ccc1OC)n1cccc1C#N. The zero-order chi connectivity index (χ0) is 17.7. The second-order valence-electron chi connectivity index (χ2n) is 5.85. The Morgan fingerprint density at radius 3 is 2.79 bits per heavy atom. The smallest absolute Gasteiger partial charge is 0.245 e. The maximum Gasteiger partial charge on any atom is 0.245 e. The first kappa shape index (κ1) is 17.6. The van der Waals surface area contributed by atoms with E-state index in [1.807, 2.05) is 32.0 Å². The van der Waals surface area contributed by atoms with E-state index in [1.165, 1.54) is 0 Å². The summed E-state index contributed by atoms with van der Waals surface area (Å²) in [5.41, 5.74) is 2.59. The van der Waals surface area contributed by atoms with E-state index < -0.39 is 0 Å². The quantitative estimate of drug-likeness (QED) is 0.819. The summed E-state index contributed by atoms with van der Waals surface area (Å²) in [7, 11) is 3.41. The number of hydrogen-bond donors (Lipinski definition) is 0. The summed E-state index contributed by atoms with van der Waals surface area (Å²) in [4.78, 5) is 14.6. The van der Waals surface area contributed by atoms with Crippen LogP contribution in [0, 0.1) is 18.3 Å². The van der Waals surface area contributed by atoms with Crippen molar-refractivity contribution in [2.75, 3.05) is 14.2 Å². The lowest BCUT2D eigenvalue weighted by Gasteiger charge is -2.25. The Morgan fingerprint density at radius 2 is 2.17 bits per heavy atom. The summed E-state index contributed by atoms with van der Waals surface area (Å²) in [6.45, 7) is 4.42. The van der Waals surface area contributed by atoms with Gasteiger partial charge in [0.2, 0.25) is 5.91 Å². The minimum Gasteiger partial charge on any atom is -0.496 e. The second kappa shape index (κ2) is 7.69. The molecule has 2 rings (SSSR count). The number of hydrogen-bond acceptors (Lipinski definition) is 3. The molecule has 2 aromatic rings. The van der Waals surface area contributed by atoms with Crippen molar-refractivity contribution in [2.45, 2.75) is 32.9 Å². The van der Waals surface area contributed by atoms with Gasteiger partial charge in [-0.2, -0.15) is 5.26 Å². The number of aromatic nitrogens is 1. The molecule has 1 atom stereocenters. The second-order valence-corrected chi connectivity index (χ2v) is 5.85. The number of ether oxygens (including phenoxy) is 1. The number of carbonyl (C=O) groups is 1. The summed E-state index contributed by atoms with van der Waals surface area (Å²) in [5, 5.41) is 9.19. The summed E-state index contributed by atoms with van der Waals surface area (Å²) in [6, 6.07) is 11.2. The van der Waals surface area contributed by atoms with Crippen LogP contribution < -0.4 is 4.74 Å². The van der Waals surface area contributed by atoms with E-state index in [2.05, 4.69) is 6.07 Å². The van der Waals surface area contributed by atoms with Gasteiger partial charge in [-0.1, -0.05) is 24.6 Å². The molecule has 0 aliphatic rings. The lowest BCUT2D eigenvalue weighted by molar-refractivity contribution is -0.134. The molecule has 0 spiro atoms. The minimum absolute atomic E-state index is 0.0197. The molecular formula is C19H23N3O2. The number of amides is 1. The maximum atomic E-state index is 12.9. The van der Waals surface area contributed by atoms with Crippen LogP contribution in [-0.4, -0.2) is 29.5 Å². The van der Waals surface area contributed by atoms with Gasteiger partial charge >= 0.3 is 0 Å². The topological polar surface area (TPSA) is 58.3 Å². The van der Waals surface area contributed by atoms with Crippen LogP contribution in [0.25, 0.3) is 0 Å². The molecule has 0 N–H and O–H groups in total. The van der Waals surface area contributed by atoms with Gasteiger partial charge in [0.15, 0.2) is 0 Å². The van der Waals surface area contributed by atoms with Crippen LogP contribution in [0.5, 0.6) is 5.75 Å². The van der Waals surface area contributed by atoms with Crippen LogP contribution in [0.4, 0.5) is 0 Å². The largest absolute Gasteiger partial charge is 0.496 e. The fourth-order valence-corrected chi connectivity index (χ4v) is 2.87. The number of aryl methyl sites for hydroxylation is 1. The van der Waals surface area contributed by atoms with Gasteiger partial charge in [-0.25, -0.2) is 0 Å². The summed E-state index contributed by atoms with van der Waals surface area (Å²) >= 11 is 0. The van der Waals surface area contributed by atoms with Gasteiger partial charge < -0.3 is 14.2 Å². The van der Waals surface area contributed by atoms with Crippen molar-refractivity contribution in [3.8, 4) is 11.8 Å². The maximum absolute atomic E-state index is 12.9. The van der Waals surface area contributed by atoms with Crippen molar-refractivity contribution in [3.05, 3.63) is 53.3 Å². The Labute approximate surface area is 143 Å². The van der Waals surface area contributed by atoms with E-state index in [0.29, 0.717) is 18.7 Å². The van der Waals surface area contributed by atoms with Crippen molar-refractivity contribution < 1.29 is 9.53 Å². The van der Waals surface area contributed by atoms with Gasteiger partial charge in [0.05, 0.1) is 7.11 Å². The Bertz CT molecular complexity index is 758. The number of likely N-dealkylation sites (N-methyl/N-ethyl adjacent to an activating group) is 1. The molecule has 0 aliphatic heterocycles. The first-order valence-electron chi connectivity index (χ1n) is 7.97. The van der Waals surface area contributed by atoms with Crippen molar-refractivity contribution >= 4 is 5.91 Å². The lowest BCUT2D eigenvalue weighted by Crippen LogP contribution is -2.34. The average Bonchev–Trinajstić information content (AvgIpc) is 3.04. The first-order valence-corrected chi connectivity index (χ1v) is 7.97. The van der Waals surface area contributed by atoms with Crippen LogP contribution >= 0.6 is 0 Å². The molecule has 0 saturated heterocycles. The van der Waals surface area contributed by atoms with Gasteiger partial charge in [-0.05, 0) is 31.5 Å². The Kier molecular flexibility index (Phi) is 5.64. The van der Waals surface area contributed by atoms with Crippen molar-refractivity contribution in [2.24, 2.45) is 0 Å². The fourth-order valence-electron chi connectivity index (χ4n) is 2.87. The van der Waals surface area contributed by atoms with Gasteiger partial charge in [-0.15, -0.1) is 0 Å². The van der Waals surface area contributed by atoms with Crippen LogP contribution in [0.3, 0.4) is 0 Å². The van der Waals surface area contributed by atoms with Crippen LogP contribution in [-0.2, 0) is 11.3 Å². The van der Waals surface area contributed by atoms with E-state index in [-0.39, 0.29) is 11.9 Å². The molecule has 5 nitrogen and oxygen atoms in total. The van der Waals surface area contributed by atoms with E-state index in [9.17, 15) is 10.1 Å². The summed E-state index contributed by atoms with van der Waals surface area (Å²) in [6.07, 6.45) is 2.41. The molecule has 0 radical (unpaired) electrons. The molecule has 1 aromatic carbocycles. The summed E-state index contributed by atoms with van der Waals surface area (Å²) < 4.78 is 7.13. The molecule has 126 valence electrons. The highest BCUT2D eigenvalue weighted by Gasteiger charge is 2.24. The predicted molar refractivity (Wildman–Crippen MR) is 92.7 cm³/mol. The van der Waals surface area contributed by atoms with Gasteiger partial charge in [0.25, 0.3) is 0 Å². The number of rotatable bonds is 6. The molecule has 1 amide bonds. The number of methoxy groups -OCH3 is 1. The molecule has 1 heterocycles. The Balaban J connectivity index is 2.23. The van der Waals surface area contributed by atoms with Gasteiger partial charge in [-0.3, -0.25) is 4.79 Å². The van der Waals surface area contributed by atoms with Crippen LogP contribution in [0.15, 0.2) is 36.5 Å². The highest BCUT2D eigenvalue weighted by molar-refractivity contribution is 5.80. The van der Waals surface area contributed by atoms with E-state index in [4.69, 9.17) is 4.74 Å². The molecule has 0 fully saturated rings. The highest BCUT2D eigenvalue weighted by atomic mass is 16.5. The number of carbonyl (C=O) groups excluding carboxylic acids is 1. The molecule has 0 saturated carbocycles. The van der Waals surface area contributed by atoms with Crippen molar-refractivity contribution in [3.63, 3.8) is 0 Å². The third-order valence-corrected chi connectivity index (χ3v) is 4.12. The summed E-state index contributed by atoms with van der Waals surface area (Å²) in [5.74, 6) is 0.751. The highest BCUT2D eigenvalue weighted by Crippen LogP contribution is 2.23. The zero-order valence-electron chi connectivity index (χ0n) is 14.6. The van der Waals surface area contributed by atoms with Crippen LogP contribution in [0.1, 0.15) is 36.2 Å². The van der Waals surface area contributed by atoms with Gasteiger partial charge in [0.1, 0.15) is 23.6 Å². The van der Waals surface area contributed by atoms with Crippen molar-refractivity contribution in [1.82, 2.24) is 9.47 Å². The number of nitriles is 1. The number of nitrogens with zero attached hydrogens (tertiary/aromatic N) is 3. The monoisotopic (exact) mass is 325 g/mol. The molecule has 0 aliphatic carbocycles. The number of benzene rings is 1. The van der Waals surface area contributed by atoms with E-state index in [0.717, 1.165) is 16.9 Å². The standard InChI is InChI=1S/C19H23N3O2/c1-5-17(22-10-6-7-16(22)12-20)19(23)21(3)13-15-11-14(2)8-9-18(15)24-4/h6-11,17H,5,13H2,1-4H3.